The van der Waals surface area contributed by atoms with Crippen molar-refractivity contribution >= 4 is 0 Å². The topological polar surface area (TPSA) is 29.5 Å². The summed E-state index contributed by atoms with van der Waals surface area (Å²) in [5, 5.41) is 8.72. The number of benzene rings is 1. The van der Waals surface area contributed by atoms with Gasteiger partial charge in [0.05, 0.1) is 6.61 Å². The molecule has 0 radical (unpaired) electrons. The molecule has 0 fully saturated rings. The molecule has 0 bridgehead atoms. The van der Waals surface area contributed by atoms with E-state index in [4.69, 9.17) is 9.84 Å². The average Bonchev–Trinajstić information content (AvgIpc) is 2.27. The number of rotatable bonds is 7. The van der Waals surface area contributed by atoms with Crippen LogP contribution in [0.3, 0.4) is 0 Å². The van der Waals surface area contributed by atoms with Gasteiger partial charge in [0.2, 0.25) is 0 Å². The summed E-state index contributed by atoms with van der Waals surface area (Å²) in [7, 11) is 0. The Bertz CT molecular complexity index is 332. The molecule has 1 rings (SSSR count). The van der Waals surface area contributed by atoms with E-state index >= 15 is 0 Å². The molecule has 0 aliphatic heterocycles. The van der Waals surface area contributed by atoms with Gasteiger partial charge in [-0.05, 0) is 42.9 Å². The van der Waals surface area contributed by atoms with Crippen molar-refractivity contribution in [2.45, 2.75) is 40.0 Å². The third kappa shape index (κ3) is 5.22. The van der Waals surface area contributed by atoms with Crippen molar-refractivity contribution in [3.8, 4) is 5.75 Å². The minimum Gasteiger partial charge on any atom is -0.491 e. The van der Waals surface area contributed by atoms with Crippen LogP contribution in [0, 0.1) is 12.8 Å². The molecule has 0 aliphatic rings. The summed E-state index contributed by atoms with van der Waals surface area (Å²) < 4.78 is 5.43. The Morgan fingerprint density at radius 3 is 2.65 bits per heavy atom. The molecule has 0 atom stereocenters. The van der Waals surface area contributed by atoms with Crippen molar-refractivity contribution < 1.29 is 9.84 Å². The molecule has 0 amide bonds. The second-order valence-electron chi connectivity index (χ2n) is 4.96. The van der Waals surface area contributed by atoms with Crippen LogP contribution in [0.2, 0.25) is 0 Å². The zero-order chi connectivity index (χ0) is 12.7. The third-order valence-electron chi connectivity index (χ3n) is 2.84. The first-order valence-corrected chi connectivity index (χ1v) is 6.46. The van der Waals surface area contributed by atoms with Gasteiger partial charge in [-0.25, -0.2) is 0 Å². The Labute approximate surface area is 105 Å². The summed E-state index contributed by atoms with van der Waals surface area (Å²) in [6, 6.07) is 6.32. The van der Waals surface area contributed by atoms with Gasteiger partial charge in [-0.3, -0.25) is 0 Å². The van der Waals surface area contributed by atoms with Crippen LogP contribution in [0.25, 0.3) is 0 Å². The van der Waals surface area contributed by atoms with Gasteiger partial charge in [-0.2, -0.15) is 0 Å². The number of hydrogen-bond acceptors (Lipinski definition) is 2. The molecule has 1 aromatic carbocycles. The zero-order valence-corrected chi connectivity index (χ0v) is 11.2. The number of aryl methyl sites for hydroxylation is 2. The monoisotopic (exact) mass is 236 g/mol. The molecule has 1 N–H and O–H groups in total. The SMILES string of the molecule is Cc1cc(CCCC(C)C)ccc1OCCO. The van der Waals surface area contributed by atoms with Gasteiger partial charge in [0.15, 0.2) is 0 Å². The van der Waals surface area contributed by atoms with Crippen molar-refractivity contribution in [2.24, 2.45) is 5.92 Å². The van der Waals surface area contributed by atoms with Crippen molar-refractivity contribution in [1.82, 2.24) is 0 Å². The van der Waals surface area contributed by atoms with E-state index < -0.39 is 0 Å². The van der Waals surface area contributed by atoms with E-state index in [1.54, 1.807) is 0 Å². The highest BCUT2D eigenvalue weighted by atomic mass is 16.5. The van der Waals surface area contributed by atoms with Crippen LogP contribution in [0.4, 0.5) is 0 Å². The van der Waals surface area contributed by atoms with Gasteiger partial charge < -0.3 is 9.84 Å². The number of aliphatic hydroxyl groups excluding tert-OH is 1. The average molecular weight is 236 g/mol. The summed E-state index contributed by atoms with van der Waals surface area (Å²) >= 11 is 0. The molecule has 0 saturated carbocycles. The fourth-order valence-electron chi connectivity index (χ4n) is 1.90. The lowest BCUT2D eigenvalue weighted by atomic mass is 10.0. The standard InChI is InChI=1S/C15H24O2/c1-12(2)5-4-6-14-7-8-15(13(3)11-14)17-10-9-16/h7-8,11-12,16H,4-6,9-10H2,1-3H3. The minimum absolute atomic E-state index is 0.0651. The lowest BCUT2D eigenvalue weighted by Gasteiger charge is -2.10. The molecule has 96 valence electrons. The molecule has 2 nitrogen and oxygen atoms in total. The lowest BCUT2D eigenvalue weighted by Crippen LogP contribution is -2.03. The molecule has 0 aromatic heterocycles. The fourth-order valence-corrected chi connectivity index (χ4v) is 1.90. The van der Waals surface area contributed by atoms with E-state index in [0.29, 0.717) is 6.61 Å². The van der Waals surface area contributed by atoms with Crippen LogP contribution in [0.5, 0.6) is 5.75 Å². The molecule has 0 aliphatic carbocycles. The molecule has 0 saturated heterocycles. The highest BCUT2D eigenvalue weighted by Gasteiger charge is 2.02. The van der Waals surface area contributed by atoms with E-state index in [1.165, 1.54) is 18.4 Å². The predicted octanol–water partition coefficient (Wildman–Crippen LogP) is 3.34. The summed E-state index contributed by atoms with van der Waals surface area (Å²) in [6.07, 6.45) is 3.66. The number of ether oxygens (including phenoxy) is 1. The predicted molar refractivity (Wildman–Crippen MR) is 71.5 cm³/mol. The fraction of sp³-hybridized carbons (Fsp3) is 0.600. The first kappa shape index (κ1) is 14.0. The normalized spacial score (nSPS) is 10.9. The Kier molecular flexibility index (Phi) is 6.06. The maximum atomic E-state index is 8.72. The Hall–Kier alpha value is -1.02. The van der Waals surface area contributed by atoms with Gasteiger partial charge in [-0.15, -0.1) is 0 Å². The summed E-state index contributed by atoms with van der Waals surface area (Å²) in [6.45, 7) is 7.01. The molecule has 2 heteroatoms. The minimum atomic E-state index is 0.0651. The first-order chi connectivity index (χ1) is 8.13. The maximum absolute atomic E-state index is 8.72. The van der Waals surface area contributed by atoms with Crippen molar-refractivity contribution in [3.05, 3.63) is 29.3 Å². The van der Waals surface area contributed by atoms with Gasteiger partial charge in [0.1, 0.15) is 12.4 Å². The summed E-state index contributed by atoms with van der Waals surface area (Å²) in [5.74, 6) is 1.66. The van der Waals surface area contributed by atoms with Gasteiger partial charge in [0, 0.05) is 0 Å². The quantitative estimate of drug-likeness (QED) is 0.786. The van der Waals surface area contributed by atoms with Crippen LogP contribution in [-0.2, 0) is 6.42 Å². The van der Waals surface area contributed by atoms with Gasteiger partial charge >= 0.3 is 0 Å². The van der Waals surface area contributed by atoms with E-state index in [-0.39, 0.29) is 6.61 Å². The Balaban J connectivity index is 2.50. The molecule has 0 heterocycles. The number of hydrogen-bond donors (Lipinski definition) is 1. The number of aliphatic hydroxyl groups is 1. The molecule has 1 aromatic rings. The molecule has 0 unspecified atom stereocenters. The van der Waals surface area contributed by atoms with Gasteiger partial charge in [-0.1, -0.05) is 32.4 Å². The van der Waals surface area contributed by atoms with Crippen LogP contribution in [-0.4, -0.2) is 18.3 Å². The Morgan fingerprint density at radius 2 is 2.06 bits per heavy atom. The summed E-state index contributed by atoms with van der Waals surface area (Å²) in [5.41, 5.74) is 2.53. The highest BCUT2D eigenvalue weighted by Crippen LogP contribution is 2.20. The van der Waals surface area contributed by atoms with Crippen LogP contribution in [0.15, 0.2) is 18.2 Å². The maximum Gasteiger partial charge on any atom is 0.122 e. The van der Waals surface area contributed by atoms with Crippen molar-refractivity contribution in [2.75, 3.05) is 13.2 Å². The van der Waals surface area contributed by atoms with E-state index in [0.717, 1.165) is 23.7 Å². The Morgan fingerprint density at radius 1 is 1.29 bits per heavy atom. The van der Waals surface area contributed by atoms with Crippen molar-refractivity contribution in [1.29, 1.82) is 0 Å². The molecular weight excluding hydrogens is 212 g/mol. The molecular formula is C15H24O2. The lowest BCUT2D eigenvalue weighted by molar-refractivity contribution is 0.200. The van der Waals surface area contributed by atoms with Crippen LogP contribution in [0.1, 0.15) is 37.8 Å². The van der Waals surface area contributed by atoms with Crippen molar-refractivity contribution in [3.63, 3.8) is 0 Å². The third-order valence-corrected chi connectivity index (χ3v) is 2.84. The summed E-state index contributed by atoms with van der Waals surface area (Å²) in [4.78, 5) is 0. The van der Waals surface area contributed by atoms with Gasteiger partial charge in [0.25, 0.3) is 0 Å². The first-order valence-electron chi connectivity index (χ1n) is 6.46. The van der Waals surface area contributed by atoms with Crippen LogP contribution >= 0.6 is 0 Å². The largest absolute Gasteiger partial charge is 0.491 e. The smallest absolute Gasteiger partial charge is 0.122 e. The molecule has 0 spiro atoms. The van der Waals surface area contributed by atoms with E-state index in [9.17, 15) is 0 Å². The molecule has 17 heavy (non-hydrogen) atoms. The highest BCUT2D eigenvalue weighted by molar-refractivity contribution is 5.36. The van der Waals surface area contributed by atoms with E-state index in [1.807, 2.05) is 6.07 Å². The zero-order valence-electron chi connectivity index (χ0n) is 11.2. The van der Waals surface area contributed by atoms with E-state index in [2.05, 4.69) is 32.9 Å². The van der Waals surface area contributed by atoms with Crippen LogP contribution < -0.4 is 4.74 Å². The second kappa shape index (κ2) is 7.33. The second-order valence-corrected chi connectivity index (χ2v) is 4.96.